The average molecular weight is 324 g/mol. The third kappa shape index (κ3) is 3.90. The zero-order valence-corrected chi connectivity index (χ0v) is 10.3. The maximum atomic E-state index is 12.8. The lowest BCUT2D eigenvalue weighted by molar-refractivity contribution is -0.275. The van der Waals surface area contributed by atoms with Gasteiger partial charge in [-0.1, -0.05) is 0 Å². The molecule has 0 N–H and O–H groups in total. The number of pyridine rings is 1. The van der Waals surface area contributed by atoms with Crippen molar-refractivity contribution in [3.63, 3.8) is 0 Å². The molecule has 0 aliphatic carbocycles. The van der Waals surface area contributed by atoms with Gasteiger partial charge >= 0.3 is 6.36 Å². The van der Waals surface area contributed by atoms with Crippen molar-refractivity contribution in [2.45, 2.75) is 18.7 Å². The highest BCUT2D eigenvalue weighted by Gasteiger charge is 2.36. The van der Waals surface area contributed by atoms with E-state index in [0.717, 1.165) is 6.20 Å². The third-order valence-corrected chi connectivity index (χ3v) is 2.37. The summed E-state index contributed by atoms with van der Waals surface area (Å²) in [6.45, 7) is 0. The van der Waals surface area contributed by atoms with Crippen molar-refractivity contribution in [2.75, 3.05) is 0 Å². The summed E-state index contributed by atoms with van der Waals surface area (Å²) in [5, 5.41) is -1.43. The Hall–Kier alpha value is -1.15. The summed E-state index contributed by atoms with van der Waals surface area (Å²) >= 11 is 10.3. The molecule has 1 heterocycles. The van der Waals surface area contributed by atoms with Gasteiger partial charge in [0.1, 0.15) is 11.4 Å². The first kappa shape index (κ1) is 15.9. The molecule has 1 rings (SSSR count). The highest BCUT2D eigenvalue weighted by molar-refractivity contribution is 6.67. The van der Waals surface area contributed by atoms with E-state index in [2.05, 4.69) is 9.72 Å². The number of carbonyl (C=O) groups is 1. The van der Waals surface area contributed by atoms with Crippen LogP contribution in [0.5, 0.6) is 5.75 Å². The topological polar surface area (TPSA) is 39.2 Å². The standard InChI is InChI=1S/C9H4Cl2F5NO2/c10-1-3-2-17-5(7(11)18)4(8(12)13)6(3)19-9(14,15)16/h2,8H,1H2. The number of hydrogen-bond acceptors (Lipinski definition) is 3. The van der Waals surface area contributed by atoms with Gasteiger partial charge in [-0.3, -0.25) is 9.78 Å². The van der Waals surface area contributed by atoms with Gasteiger partial charge in [0.15, 0.2) is 0 Å². The predicted octanol–water partition coefficient (Wildman–Crippen LogP) is 4.04. The van der Waals surface area contributed by atoms with Crippen LogP contribution in [0.15, 0.2) is 6.20 Å². The first-order valence-electron chi connectivity index (χ1n) is 4.48. The predicted molar refractivity (Wildman–Crippen MR) is 55.6 cm³/mol. The lowest BCUT2D eigenvalue weighted by Crippen LogP contribution is -2.20. The summed E-state index contributed by atoms with van der Waals surface area (Å²) in [5.74, 6) is -1.81. The molecule has 0 saturated heterocycles. The van der Waals surface area contributed by atoms with Gasteiger partial charge in [0.25, 0.3) is 11.7 Å². The zero-order valence-electron chi connectivity index (χ0n) is 8.77. The SMILES string of the molecule is O=C(Cl)c1ncc(CCl)c(OC(F)(F)F)c1C(F)F. The Labute approximate surface area is 113 Å². The molecule has 0 atom stereocenters. The molecule has 1 aromatic rings. The molecule has 3 nitrogen and oxygen atoms in total. The van der Waals surface area contributed by atoms with Crippen LogP contribution >= 0.6 is 23.2 Å². The Bertz CT molecular complexity index is 492. The van der Waals surface area contributed by atoms with Gasteiger partial charge in [0.2, 0.25) is 0 Å². The second kappa shape index (κ2) is 5.87. The number of alkyl halides is 6. The molecular formula is C9H4Cl2F5NO2. The average Bonchev–Trinajstić information content (AvgIpc) is 2.25. The quantitative estimate of drug-likeness (QED) is 0.477. The molecule has 0 bridgehead atoms. The van der Waals surface area contributed by atoms with E-state index >= 15 is 0 Å². The van der Waals surface area contributed by atoms with E-state index in [0.29, 0.717) is 0 Å². The largest absolute Gasteiger partial charge is 0.573 e. The molecular weight excluding hydrogens is 320 g/mol. The molecule has 0 radical (unpaired) electrons. The lowest BCUT2D eigenvalue weighted by atomic mass is 10.1. The van der Waals surface area contributed by atoms with Gasteiger partial charge in [-0.05, 0) is 11.6 Å². The van der Waals surface area contributed by atoms with Crippen molar-refractivity contribution in [3.8, 4) is 5.75 Å². The lowest BCUT2D eigenvalue weighted by Gasteiger charge is -2.17. The fourth-order valence-corrected chi connectivity index (χ4v) is 1.58. The van der Waals surface area contributed by atoms with Gasteiger partial charge in [0.05, 0.1) is 11.4 Å². The number of hydrogen-bond donors (Lipinski definition) is 0. The fraction of sp³-hybridized carbons (Fsp3) is 0.333. The van der Waals surface area contributed by atoms with Crippen molar-refractivity contribution in [1.29, 1.82) is 0 Å². The van der Waals surface area contributed by atoms with Gasteiger partial charge < -0.3 is 4.74 Å². The number of carbonyl (C=O) groups excluding carboxylic acids is 1. The van der Waals surface area contributed by atoms with Gasteiger partial charge in [-0.2, -0.15) is 0 Å². The summed E-state index contributed by atoms with van der Waals surface area (Å²) in [7, 11) is 0. The van der Waals surface area contributed by atoms with E-state index in [1.807, 2.05) is 0 Å². The molecule has 0 aliphatic heterocycles. The summed E-state index contributed by atoms with van der Waals surface area (Å²) in [6, 6.07) is 0. The van der Waals surface area contributed by atoms with Crippen molar-refractivity contribution in [2.24, 2.45) is 0 Å². The first-order chi connectivity index (χ1) is 8.67. The molecule has 0 fully saturated rings. The molecule has 0 aromatic carbocycles. The van der Waals surface area contributed by atoms with E-state index in [-0.39, 0.29) is 0 Å². The zero-order chi connectivity index (χ0) is 14.8. The minimum absolute atomic E-state index is 0.434. The third-order valence-electron chi connectivity index (χ3n) is 1.91. The van der Waals surface area contributed by atoms with Crippen LogP contribution in [0.2, 0.25) is 0 Å². The van der Waals surface area contributed by atoms with E-state index in [9.17, 15) is 26.7 Å². The second-order valence-electron chi connectivity index (χ2n) is 3.13. The monoisotopic (exact) mass is 323 g/mol. The van der Waals surface area contributed by atoms with E-state index in [4.69, 9.17) is 23.2 Å². The minimum Gasteiger partial charge on any atom is -0.405 e. The van der Waals surface area contributed by atoms with Crippen molar-refractivity contribution in [1.82, 2.24) is 4.98 Å². The van der Waals surface area contributed by atoms with E-state index < -0.39 is 46.5 Å². The first-order valence-corrected chi connectivity index (χ1v) is 5.40. The fourth-order valence-electron chi connectivity index (χ4n) is 1.24. The molecule has 0 amide bonds. The van der Waals surface area contributed by atoms with Crippen LogP contribution in [0.25, 0.3) is 0 Å². The second-order valence-corrected chi connectivity index (χ2v) is 3.74. The number of nitrogens with zero attached hydrogens (tertiary/aromatic N) is 1. The summed E-state index contributed by atoms with van der Waals surface area (Å²) in [4.78, 5) is 14.2. The Balaban J connectivity index is 3.52. The number of rotatable bonds is 4. The summed E-state index contributed by atoms with van der Waals surface area (Å²) in [6.07, 6.45) is -7.95. The maximum Gasteiger partial charge on any atom is 0.573 e. The smallest absolute Gasteiger partial charge is 0.405 e. The van der Waals surface area contributed by atoms with Crippen LogP contribution in [0.4, 0.5) is 22.0 Å². The Morgan fingerprint density at radius 3 is 2.37 bits per heavy atom. The molecule has 19 heavy (non-hydrogen) atoms. The van der Waals surface area contributed by atoms with Gasteiger partial charge in [-0.25, -0.2) is 8.78 Å². The van der Waals surface area contributed by atoms with Gasteiger partial charge in [-0.15, -0.1) is 24.8 Å². The van der Waals surface area contributed by atoms with Crippen LogP contribution in [0.1, 0.15) is 28.0 Å². The highest BCUT2D eigenvalue weighted by Crippen LogP contribution is 2.38. The Morgan fingerprint density at radius 2 is 2.00 bits per heavy atom. The molecule has 0 aliphatic rings. The van der Waals surface area contributed by atoms with Crippen molar-refractivity contribution >= 4 is 28.4 Å². The molecule has 0 saturated carbocycles. The normalized spacial score (nSPS) is 11.8. The number of aromatic nitrogens is 1. The molecule has 0 spiro atoms. The van der Waals surface area contributed by atoms with E-state index in [1.54, 1.807) is 0 Å². The molecule has 10 heteroatoms. The van der Waals surface area contributed by atoms with Gasteiger partial charge in [0, 0.05) is 11.8 Å². The Kier molecular flexibility index (Phi) is 4.92. The van der Waals surface area contributed by atoms with Crippen molar-refractivity contribution in [3.05, 3.63) is 23.0 Å². The molecule has 1 aromatic heterocycles. The van der Waals surface area contributed by atoms with Crippen molar-refractivity contribution < 1.29 is 31.5 Å². The molecule has 0 unspecified atom stereocenters. The van der Waals surface area contributed by atoms with Crippen LogP contribution in [-0.2, 0) is 5.88 Å². The van der Waals surface area contributed by atoms with Crippen LogP contribution in [-0.4, -0.2) is 16.6 Å². The minimum atomic E-state index is -5.22. The summed E-state index contributed by atoms with van der Waals surface area (Å²) < 4.78 is 65.6. The van der Waals surface area contributed by atoms with Crippen LogP contribution < -0.4 is 4.74 Å². The Morgan fingerprint density at radius 1 is 1.42 bits per heavy atom. The van der Waals surface area contributed by atoms with Crippen LogP contribution in [0.3, 0.4) is 0 Å². The molecule has 106 valence electrons. The summed E-state index contributed by atoms with van der Waals surface area (Å²) in [5.41, 5.74) is -2.78. The number of halogens is 7. The van der Waals surface area contributed by atoms with E-state index in [1.165, 1.54) is 0 Å². The maximum absolute atomic E-state index is 12.8. The highest BCUT2D eigenvalue weighted by atomic mass is 35.5. The van der Waals surface area contributed by atoms with Crippen LogP contribution in [0, 0.1) is 0 Å². The number of ether oxygens (including phenoxy) is 1.